The molecule has 0 bridgehead atoms. The number of benzene rings is 1. The van der Waals surface area contributed by atoms with E-state index in [4.69, 9.17) is 0 Å². The lowest BCUT2D eigenvalue weighted by molar-refractivity contribution is -0.384. The summed E-state index contributed by atoms with van der Waals surface area (Å²) in [6.45, 7) is 8.08. The molecule has 0 saturated carbocycles. The second kappa shape index (κ2) is 7.33. The molecule has 0 atom stereocenters. The van der Waals surface area contributed by atoms with Gasteiger partial charge in [-0.15, -0.1) is 0 Å². The van der Waals surface area contributed by atoms with Crippen LogP contribution in [0.4, 0.5) is 20.2 Å². The molecular formula is C15H22F2N2O2. The Bertz CT molecular complexity index is 495. The van der Waals surface area contributed by atoms with Crippen molar-refractivity contribution in [2.75, 3.05) is 5.32 Å². The number of hydrogen-bond acceptors (Lipinski definition) is 3. The lowest BCUT2D eigenvalue weighted by Crippen LogP contribution is -2.25. The largest absolute Gasteiger partial charge is 0.374 e. The fourth-order valence-electron chi connectivity index (χ4n) is 2.39. The Hall–Kier alpha value is -1.72. The van der Waals surface area contributed by atoms with Crippen LogP contribution in [0.1, 0.15) is 40.5 Å². The minimum absolute atomic E-state index is 0.139. The molecule has 0 fully saturated rings. The van der Waals surface area contributed by atoms with Crippen LogP contribution in [-0.2, 0) is 0 Å². The van der Waals surface area contributed by atoms with E-state index < -0.39 is 22.2 Å². The van der Waals surface area contributed by atoms with Crippen LogP contribution in [0.2, 0.25) is 0 Å². The Kier molecular flexibility index (Phi) is 6.05. The van der Waals surface area contributed by atoms with E-state index >= 15 is 0 Å². The van der Waals surface area contributed by atoms with Gasteiger partial charge in [0, 0.05) is 12.1 Å². The van der Waals surface area contributed by atoms with Gasteiger partial charge in [-0.25, -0.2) is 8.78 Å². The van der Waals surface area contributed by atoms with Crippen LogP contribution < -0.4 is 5.32 Å². The molecule has 1 aromatic carbocycles. The molecule has 118 valence electrons. The summed E-state index contributed by atoms with van der Waals surface area (Å²) in [6.07, 6.45) is 1.45. The fraction of sp³-hybridized carbons (Fsp3) is 0.600. The van der Waals surface area contributed by atoms with Gasteiger partial charge in [0.25, 0.3) is 5.69 Å². The highest BCUT2D eigenvalue weighted by molar-refractivity contribution is 5.63. The van der Waals surface area contributed by atoms with Crippen molar-refractivity contribution in [2.24, 2.45) is 11.8 Å². The van der Waals surface area contributed by atoms with E-state index in [0.29, 0.717) is 11.8 Å². The Balaban J connectivity index is 3.12. The molecule has 0 aliphatic heterocycles. The van der Waals surface area contributed by atoms with Gasteiger partial charge in [-0.2, -0.15) is 0 Å². The molecule has 21 heavy (non-hydrogen) atoms. The van der Waals surface area contributed by atoms with Gasteiger partial charge < -0.3 is 5.32 Å². The van der Waals surface area contributed by atoms with Crippen molar-refractivity contribution < 1.29 is 13.7 Å². The molecule has 4 nitrogen and oxygen atoms in total. The molecule has 0 radical (unpaired) electrons. The van der Waals surface area contributed by atoms with E-state index in [1.54, 1.807) is 0 Å². The van der Waals surface area contributed by atoms with Crippen LogP contribution in [0.3, 0.4) is 0 Å². The average molecular weight is 300 g/mol. The first-order valence-electron chi connectivity index (χ1n) is 7.11. The van der Waals surface area contributed by atoms with Crippen molar-refractivity contribution in [3.8, 4) is 0 Å². The summed E-state index contributed by atoms with van der Waals surface area (Å²) in [6, 6.07) is 1.63. The Morgan fingerprint density at radius 2 is 1.67 bits per heavy atom. The summed E-state index contributed by atoms with van der Waals surface area (Å²) >= 11 is 0. The van der Waals surface area contributed by atoms with Gasteiger partial charge in [-0.1, -0.05) is 27.7 Å². The number of anilines is 1. The molecular weight excluding hydrogens is 278 g/mol. The molecule has 0 spiro atoms. The SMILES string of the molecule is CC(C)CC(CC(C)C)Nc1c([N+](=O)[O-])ccc(F)c1F. The highest BCUT2D eigenvalue weighted by Crippen LogP contribution is 2.31. The molecule has 1 N–H and O–H groups in total. The van der Waals surface area contributed by atoms with Gasteiger partial charge in [0.05, 0.1) is 4.92 Å². The molecule has 0 aromatic heterocycles. The Labute approximate surface area is 123 Å². The molecule has 0 amide bonds. The molecule has 0 heterocycles. The number of nitrogens with zero attached hydrogens (tertiary/aromatic N) is 1. The van der Waals surface area contributed by atoms with Crippen molar-refractivity contribution in [3.05, 3.63) is 33.9 Å². The van der Waals surface area contributed by atoms with Crippen LogP contribution in [0.5, 0.6) is 0 Å². The van der Waals surface area contributed by atoms with E-state index in [1.165, 1.54) is 0 Å². The predicted molar refractivity (Wildman–Crippen MR) is 79.3 cm³/mol. The van der Waals surface area contributed by atoms with E-state index in [1.807, 2.05) is 27.7 Å². The van der Waals surface area contributed by atoms with Crippen LogP contribution in [0.25, 0.3) is 0 Å². The Morgan fingerprint density at radius 3 is 2.10 bits per heavy atom. The van der Waals surface area contributed by atoms with Crippen molar-refractivity contribution in [2.45, 2.75) is 46.6 Å². The second-order valence-corrected chi connectivity index (χ2v) is 6.11. The van der Waals surface area contributed by atoms with Crippen LogP contribution >= 0.6 is 0 Å². The third kappa shape index (κ3) is 4.95. The van der Waals surface area contributed by atoms with Crippen LogP contribution in [0.15, 0.2) is 12.1 Å². The minimum Gasteiger partial charge on any atom is -0.374 e. The van der Waals surface area contributed by atoms with Crippen LogP contribution in [0, 0.1) is 33.6 Å². The standard InChI is InChI=1S/C15H22F2N2O2/c1-9(2)7-11(8-10(3)4)18-15-13(19(20)21)6-5-12(16)14(15)17/h5-6,9-11,18H,7-8H2,1-4H3. The van der Waals surface area contributed by atoms with Crippen molar-refractivity contribution >= 4 is 11.4 Å². The zero-order valence-corrected chi connectivity index (χ0v) is 12.8. The predicted octanol–water partition coefficient (Wildman–Crippen LogP) is 4.75. The number of nitro groups is 1. The monoisotopic (exact) mass is 300 g/mol. The van der Waals surface area contributed by atoms with Gasteiger partial charge in [-0.05, 0) is 30.7 Å². The summed E-state index contributed by atoms with van der Waals surface area (Å²) in [4.78, 5) is 10.3. The number of nitrogens with one attached hydrogen (secondary N) is 1. The zero-order chi connectivity index (χ0) is 16.2. The minimum atomic E-state index is -1.19. The molecule has 1 rings (SSSR count). The van der Waals surface area contributed by atoms with Gasteiger partial charge in [0.2, 0.25) is 0 Å². The molecule has 0 aliphatic carbocycles. The third-order valence-electron chi connectivity index (χ3n) is 3.13. The summed E-state index contributed by atoms with van der Waals surface area (Å²) < 4.78 is 27.3. The fourth-order valence-corrected chi connectivity index (χ4v) is 2.39. The number of halogens is 2. The first-order valence-corrected chi connectivity index (χ1v) is 7.11. The van der Waals surface area contributed by atoms with E-state index in [-0.39, 0.29) is 11.7 Å². The number of hydrogen-bond donors (Lipinski definition) is 1. The second-order valence-electron chi connectivity index (χ2n) is 6.11. The maximum absolute atomic E-state index is 13.9. The lowest BCUT2D eigenvalue weighted by Gasteiger charge is -2.23. The molecule has 0 aliphatic rings. The van der Waals surface area contributed by atoms with E-state index in [9.17, 15) is 18.9 Å². The van der Waals surface area contributed by atoms with Gasteiger partial charge >= 0.3 is 0 Å². The van der Waals surface area contributed by atoms with Crippen molar-refractivity contribution in [1.29, 1.82) is 0 Å². The van der Waals surface area contributed by atoms with Crippen LogP contribution in [-0.4, -0.2) is 11.0 Å². The molecule has 0 unspecified atom stereocenters. The smallest absolute Gasteiger partial charge is 0.295 e. The first kappa shape index (κ1) is 17.3. The zero-order valence-electron chi connectivity index (χ0n) is 12.8. The average Bonchev–Trinajstić information content (AvgIpc) is 2.33. The van der Waals surface area contributed by atoms with Gasteiger partial charge in [-0.3, -0.25) is 10.1 Å². The number of nitro benzene ring substituents is 1. The first-order chi connectivity index (χ1) is 9.72. The summed E-state index contributed by atoms with van der Waals surface area (Å²) in [7, 11) is 0. The Morgan fingerprint density at radius 1 is 1.14 bits per heavy atom. The van der Waals surface area contributed by atoms with Crippen molar-refractivity contribution in [1.82, 2.24) is 0 Å². The highest BCUT2D eigenvalue weighted by atomic mass is 19.2. The maximum Gasteiger partial charge on any atom is 0.295 e. The molecule has 0 saturated heterocycles. The maximum atomic E-state index is 13.9. The topological polar surface area (TPSA) is 55.2 Å². The highest BCUT2D eigenvalue weighted by Gasteiger charge is 2.24. The summed E-state index contributed by atoms with van der Waals surface area (Å²) in [5, 5.41) is 13.8. The van der Waals surface area contributed by atoms with E-state index in [2.05, 4.69) is 5.32 Å². The van der Waals surface area contributed by atoms with Gasteiger partial charge in [0.15, 0.2) is 17.3 Å². The quantitative estimate of drug-likeness (QED) is 0.584. The molecule has 6 heteroatoms. The van der Waals surface area contributed by atoms with E-state index in [0.717, 1.165) is 25.0 Å². The normalized spacial score (nSPS) is 11.5. The van der Waals surface area contributed by atoms with Gasteiger partial charge in [0.1, 0.15) is 0 Å². The third-order valence-corrected chi connectivity index (χ3v) is 3.13. The summed E-state index contributed by atoms with van der Waals surface area (Å²) in [5.74, 6) is -1.59. The summed E-state index contributed by atoms with van der Waals surface area (Å²) in [5.41, 5.74) is -0.794. The van der Waals surface area contributed by atoms with Crippen molar-refractivity contribution in [3.63, 3.8) is 0 Å². The number of rotatable bonds is 7. The lowest BCUT2D eigenvalue weighted by atomic mass is 9.95. The molecule has 1 aromatic rings.